The van der Waals surface area contributed by atoms with Gasteiger partial charge in [0, 0.05) is 12.8 Å². The van der Waals surface area contributed by atoms with Crippen molar-refractivity contribution >= 4 is 22.1 Å². The Morgan fingerprint density at radius 2 is 0.926 bits per heavy atom. The van der Waals surface area contributed by atoms with Gasteiger partial charge in [-0.2, -0.15) is 8.42 Å². The van der Waals surface area contributed by atoms with Crippen molar-refractivity contribution in [2.24, 2.45) is 0 Å². The van der Waals surface area contributed by atoms with Crippen LogP contribution in [0.2, 0.25) is 0 Å². The summed E-state index contributed by atoms with van der Waals surface area (Å²) in [5, 5.41) is 31.0. The van der Waals surface area contributed by atoms with E-state index < -0.39 is 71.2 Å². The number of hydrogen-bond acceptors (Lipinski definition) is 11. The van der Waals surface area contributed by atoms with Crippen LogP contribution in [0, 0.1) is 0 Å². The summed E-state index contributed by atoms with van der Waals surface area (Å²) in [5.74, 6) is -2.10. The quantitative estimate of drug-likeness (QED) is 0.0196. The van der Waals surface area contributed by atoms with Crippen LogP contribution in [0.25, 0.3) is 0 Å². The van der Waals surface area contributed by atoms with Crippen molar-refractivity contribution in [1.29, 1.82) is 0 Å². The van der Waals surface area contributed by atoms with Crippen LogP contribution in [0.4, 0.5) is 0 Å². The SMILES string of the molecule is CC/C=C/C/C=C/C/C=C/C/C=C/C/C=C/CCCC(=O)O[C@H](COC(=O)CCC/C=C/CCCCCCCCCCCCCCCCCCCC)CO[C@H]1O[C@H](CS(=O)(=O)O)[C@@H](O)C(O)C1O. The summed E-state index contributed by atoms with van der Waals surface area (Å²) in [5.41, 5.74) is 0. The van der Waals surface area contributed by atoms with Crippen LogP contribution < -0.4 is 0 Å². The molecule has 0 saturated carbocycles. The highest BCUT2D eigenvalue weighted by molar-refractivity contribution is 7.85. The summed E-state index contributed by atoms with van der Waals surface area (Å²) in [6, 6.07) is 0. The van der Waals surface area contributed by atoms with E-state index in [0.29, 0.717) is 19.3 Å². The summed E-state index contributed by atoms with van der Waals surface area (Å²) in [6.45, 7) is 3.60. The van der Waals surface area contributed by atoms with Crippen LogP contribution in [-0.4, -0.2) is 96.0 Å². The lowest BCUT2D eigenvalue weighted by Crippen LogP contribution is -2.60. The second kappa shape index (κ2) is 44.1. The predicted molar refractivity (Wildman–Crippen MR) is 275 cm³/mol. The van der Waals surface area contributed by atoms with Gasteiger partial charge in [-0.3, -0.25) is 14.1 Å². The zero-order valence-electron chi connectivity index (χ0n) is 42.2. The van der Waals surface area contributed by atoms with Crippen LogP contribution in [0.15, 0.2) is 72.9 Å². The van der Waals surface area contributed by atoms with Gasteiger partial charge in [-0.05, 0) is 70.6 Å². The molecule has 0 aromatic heterocycles. The minimum atomic E-state index is -4.62. The number of esters is 2. The van der Waals surface area contributed by atoms with Crippen molar-refractivity contribution in [3.8, 4) is 0 Å². The maximum Gasteiger partial charge on any atom is 0.306 e. The van der Waals surface area contributed by atoms with Crippen molar-refractivity contribution < 1.29 is 56.8 Å². The molecule has 0 radical (unpaired) electrons. The molecule has 1 fully saturated rings. The van der Waals surface area contributed by atoms with E-state index in [1.807, 2.05) is 12.2 Å². The van der Waals surface area contributed by atoms with Gasteiger partial charge in [0.25, 0.3) is 10.1 Å². The van der Waals surface area contributed by atoms with Crippen molar-refractivity contribution in [3.63, 3.8) is 0 Å². The average molecular weight is 979 g/mol. The van der Waals surface area contributed by atoms with Gasteiger partial charge in [-0.25, -0.2) is 0 Å². The number of unbranched alkanes of at least 4 members (excludes halogenated alkanes) is 20. The molecule has 1 rings (SSSR count). The maximum atomic E-state index is 12.8. The Balaban J connectivity index is 2.39. The molecule has 0 amide bonds. The van der Waals surface area contributed by atoms with Crippen LogP contribution in [-0.2, 0) is 38.7 Å². The highest BCUT2D eigenvalue weighted by Gasteiger charge is 2.46. The maximum absolute atomic E-state index is 12.8. The number of hydrogen-bond donors (Lipinski definition) is 4. The van der Waals surface area contributed by atoms with E-state index >= 15 is 0 Å². The second-order valence-electron chi connectivity index (χ2n) is 18.2. The van der Waals surface area contributed by atoms with Crippen molar-refractivity contribution in [3.05, 3.63) is 72.9 Å². The lowest BCUT2D eigenvalue weighted by molar-refractivity contribution is -0.297. The first-order chi connectivity index (χ1) is 33.0. The van der Waals surface area contributed by atoms with E-state index in [1.165, 1.54) is 109 Å². The normalized spacial score (nSPS) is 19.8. The van der Waals surface area contributed by atoms with Gasteiger partial charge in [0.1, 0.15) is 36.8 Å². The smallest absolute Gasteiger partial charge is 0.306 e. The lowest BCUT2D eigenvalue weighted by Gasteiger charge is -2.40. The highest BCUT2D eigenvalue weighted by Crippen LogP contribution is 2.24. The Kier molecular flexibility index (Phi) is 40.9. The lowest BCUT2D eigenvalue weighted by atomic mass is 10.00. The zero-order chi connectivity index (χ0) is 49.8. The fourth-order valence-electron chi connectivity index (χ4n) is 7.72. The first kappa shape index (κ1) is 63.1. The largest absolute Gasteiger partial charge is 0.462 e. The Morgan fingerprint density at radius 3 is 1.40 bits per heavy atom. The minimum absolute atomic E-state index is 0.0779. The molecule has 1 saturated heterocycles. The molecule has 1 heterocycles. The molecule has 4 N–H and O–H groups in total. The number of aliphatic hydroxyl groups is 3. The number of aliphatic hydroxyl groups excluding tert-OH is 3. The third kappa shape index (κ3) is 37.9. The minimum Gasteiger partial charge on any atom is -0.462 e. The van der Waals surface area contributed by atoms with Crippen LogP contribution in [0.1, 0.15) is 206 Å². The van der Waals surface area contributed by atoms with E-state index in [-0.39, 0.29) is 19.4 Å². The molecule has 392 valence electrons. The van der Waals surface area contributed by atoms with Crippen LogP contribution in [0.5, 0.6) is 0 Å². The monoisotopic (exact) mass is 979 g/mol. The molecule has 0 aliphatic carbocycles. The number of carbonyl (C=O) groups is 2. The molecule has 0 aromatic carbocycles. The standard InChI is InChI=1S/C55H94O12S/c1-3-5-7-9-11-13-15-17-19-21-22-23-24-25-26-28-29-31-33-35-37-39-41-43-50(56)64-45-48(46-65-55-54(60)53(59)52(58)49(67-55)47-68(61,62)63)66-51(57)44-42-40-38-36-34-32-30-27-20-18-16-14-12-10-8-6-4-2/h6,8,12,14,18,20,30,32,35-38,48-49,52-55,58-60H,3-5,7,9-11,13,15-17,19,21-29,31,33-34,39-47H2,1-2H3,(H,61,62,63)/b8-6+,14-12+,20-18+,32-30+,37-35+,38-36+/t48-,49-,52-,53?,54?,55+/m1/s1. The van der Waals surface area contributed by atoms with Crippen molar-refractivity contribution in [2.45, 2.75) is 243 Å². The Bertz CT molecular complexity index is 1520. The fourth-order valence-corrected chi connectivity index (χ4v) is 8.41. The number of rotatable bonds is 44. The summed E-state index contributed by atoms with van der Waals surface area (Å²) in [6.07, 6.45) is 48.3. The van der Waals surface area contributed by atoms with Gasteiger partial charge in [0.05, 0.1) is 6.61 Å². The summed E-state index contributed by atoms with van der Waals surface area (Å²) in [4.78, 5) is 25.5. The molecule has 1 aliphatic rings. The third-order valence-corrected chi connectivity index (χ3v) is 12.5. The topological polar surface area (TPSA) is 186 Å². The van der Waals surface area contributed by atoms with Crippen LogP contribution >= 0.6 is 0 Å². The van der Waals surface area contributed by atoms with E-state index in [9.17, 15) is 37.9 Å². The Hall–Kier alpha value is -2.91. The summed E-state index contributed by atoms with van der Waals surface area (Å²) >= 11 is 0. The molecular weight excluding hydrogens is 885 g/mol. The van der Waals surface area contributed by atoms with E-state index in [0.717, 1.165) is 51.4 Å². The molecule has 0 aromatic rings. The van der Waals surface area contributed by atoms with E-state index in [4.69, 9.17) is 18.9 Å². The van der Waals surface area contributed by atoms with Crippen molar-refractivity contribution in [1.82, 2.24) is 0 Å². The number of ether oxygens (including phenoxy) is 4. The molecular formula is C55H94O12S. The first-order valence-electron chi connectivity index (χ1n) is 26.5. The molecule has 1 aliphatic heterocycles. The molecule has 0 bridgehead atoms. The average Bonchev–Trinajstić information content (AvgIpc) is 3.31. The Morgan fingerprint density at radius 1 is 0.515 bits per heavy atom. The van der Waals surface area contributed by atoms with Gasteiger partial charge in [-0.1, -0.05) is 196 Å². The predicted octanol–water partition coefficient (Wildman–Crippen LogP) is 12.2. The molecule has 6 atom stereocenters. The third-order valence-electron chi connectivity index (χ3n) is 11.8. The van der Waals surface area contributed by atoms with Gasteiger partial charge in [0.15, 0.2) is 12.4 Å². The van der Waals surface area contributed by atoms with Crippen molar-refractivity contribution in [2.75, 3.05) is 19.0 Å². The molecule has 68 heavy (non-hydrogen) atoms. The first-order valence-corrected chi connectivity index (χ1v) is 28.1. The molecule has 2 unspecified atom stereocenters. The summed E-state index contributed by atoms with van der Waals surface area (Å²) < 4.78 is 54.1. The van der Waals surface area contributed by atoms with Crippen LogP contribution in [0.3, 0.4) is 0 Å². The number of carbonyl (C=O) groups excluding carboxylic acids is 2. The second-order valence-corrected chi connectivity index (χ2v) is 19.7. The van der Waals surface area contributed by atoms with E-state index in [2.05, 4.69) is 74.6 Å². The highest BCUT2D eigenvalue weighted by atomic mass is 32.2. The molecule has 0 spiro atoms. The van der Waals surface area contributed by atoms with Gasteiger partial charge >= 0.3 is 11.9 Å². The molecule has 13 heteroatoms. The van der Waals surface area contributed by atoms with Gasteiger partial charge in [-0.15, -0.1) is 0 Å². The van der Waals surface area contributed by atoms with Gasteiger partial charge < -0.3 is 34.3 Å². The van der Waals surface area contributed by atoms with Gasteiger partial charge in [0.2, 0.25) is 0 Å². The molecule has 12 nitrogen and oxygen atoms in total. The Labute approximate surface area is 412 Å². The number of allylic oxidation sites excluding steroid dienone is 12. The summed E-state index contributed by atoms with van der Waals surface area (Å²) in [7, 11) is -4.62. The fraction of sp³-hybridized carbons (Fsp3) is 0.745. The zero-order valence-corrected chi connectivity index (χ0v) is 43.0. The van der Waals surface area contributed by atoms with E-state index in [1.54, 1.807) is 0 Å².